The molecule has 2 aromatic carbocycles. The zero-order chi connectivity index (χ0) is 43.7. The maximum atomic E-state index is 14.8. The number of fused-ring (bicyclic) bond motifs is 3. The van der Waals surface area contributed by atoms with E-state index in [2.05, 4.69) is 80.0 Å². The summed E-state index contributed by atoms with van der Waals surface area (Å²) < 4.78 is 57.0. The molecule has 0 radical (unpaired) electrons. The molecule has 4 fully saturated rings. The number of rotatable bonds is 12. The van der Waals surface area contributed by atoms with E-state index in [4.69, 9.17) is 18.9 Å². The van der Waals surface area contributed by atoms with Gasteiger partial charge in [0, 0.05) is 17.9 Å². The molecule has 2 bridgehead atoms. The van der Waals surface area contributed by atoms with Crippen LogP contribution >= 0.6 is 0 Å². The largest absolute Gasteiger partial charge is 0.461 e. The number of ether oxygens (including phenoxy) is 4. The summed E-state index contributed by atoms with van der Waals surface area (Å²) in [6.45, 7) is 26.4. The summed E-state index contributed by atoms with van der Waals surface area (Å²) in [6, 6.07) is 16.6. The van der Waals surface area contributed by atoms with E-state index in [1.165, 1.54) is 5.57 Å². The number of benzene rings is 2. The monoisotopic (exact) mass is 846 g/mol. The Bertz CT molecular complexity index is 2010. The molecule has 2 aromatic rings. The van der Waals surface area contributed by atoms with Crippen molar-refractivity contribution in [2.45, 2.75) is 144 Å². The Labute approximate surface area is 362 Å². The fourth-order valence-corrected chi connectivity index (χ4v) is 14.9. The van der Waals surface area contributed by atoms with Gasteiger partial charge in [-0.15, -0.1) is 0 Å². The molecule has 0 aromatic heterocycles. The van der Waals surface area contributed by atoms with Crippen LogP contribution in [0.3, 0.4) is 0 Å². The summed E-state index contributed by atoms with van der Waals surface area (Å²) in [6.07, 6.45) is 7.80. The topological polar surface area (TPSA) is 100 Å². The van der Waals surface area contributed by atoms with Crippen molar-refractivity contribution in [1.82, 2.24) is 4.72 Å². The third-order valence-electron chi connectivity index (χ3n) is 17.7. The highest BCUT2D eigenvalue weighted by molar-refractivity contribution is 7.89. The van der Waals surface area contributed by atoms with Crippen LogP contribution in [-0.4, -0.2) is 59.6 Å². The molecule has 8 nitrogen and oxygen atoms in total. The number of carbonyl (C=O) groups excluding carboxylic acids is 1. The third kappa shape index (κ3) is 7.46. The molecule has 5 aliphatic rings. The van der Waals surface area contributed by atoms with E-state index in [1.807, 2.05) is 49.4 Å². The van der Waals surface area contributed by atoms with Gasteiger partial charge in [-0.05, 0) is 108 Å². The number of hydrogen-bond acceptors (Lipinski definition) is 7. The molecule has 332 valence electrons. The first-order chi connectivity index (χ1) is 28.1. The minimum Gasteiger partial charge on any atom is -0.461 e. The fourth-order valence-electron chi connectivity index (χ4n) is 13.5. The molecule has 1 aliphatic heterocycles. The van der Waals surface area contributed by atoms with E-state index in [0.717, 1.165) is 49.7 Å². The summed E-state index contributed by atoms with van der Waals surface area (Å²) in [5.74, 6) is 1.09. The standard InChI is InChI=1S/C51H75NO7S/c1-33(2)35(4)47(8)26-27-49(10)38-22-23-41-48(9)31-57-32-51(41,39(38)24-25-50(49,11)43(47)45(53)59-29-36-16-14-13-15-17-36)28-40(56-12)44(48)58-30-42(46(5,6)7)52-60(54,55)37-20-18-34(3)19-21-37/h13-21,24,33,35,38,40-44,52H,22-23,25-32H2,1-12H3/t35-,38+,40-,41+,42+,43-,44+,47-,48-,49-,50+,51+/m1/s1. The van der Waals surface area contributed by atoms with Gasteiger partial charge in [-0.25, -0.2) is 13.1 Å². The van der Waals surface area contributed by atoms with Gasteiger partial charge in [0.05, 0.1) is 48.9 Å². The predicted octanol–water partition coefficient (Wildman–Crippen LogP) is 10.3. The van der Waals surface area contributed by atoms with Gasteiger partial charge in [0.1, 0.15) is 6.61 Å². The zero-order valence-corrected chi connectivity index (χ0v) is 39.5. The minimum atomic E-state index is -3.78. The first-order valence-electron chi connectivity index (χ1n) is 22.8. The Morgan fingerprint density at radius 2 is 1.62 bits per heavy atom. The Morgan fingerprint density at radius 3 is 2.25 bits per heavy atom. The average Bonchev–Trinajstić information content (AvgIpc) is 3.19. The second-order valence-electron chi connectivity index (χ2n) is 22.2. The molecule has 1 saturated heterocycles. The predicted molar refractivity (Wildman–Crippen MR) is 237 cm³/mol. The van der Waals surface area contributed by atoms with Crippen LogP contribution in [0, 0.1) is 69.0 Å². The average molecular weight is 846 g/mol. The molecule has 60 heavy (non-hydrogen) atoms. The normalized spacial score (nSPS) is 37.5. The first kappa shape index (κ1) is 45.5. The van der Waals surface area contributed by atoms with E-state index in [1.54, 1.807) is 19.2 Å². The molecule has 1 heterocycles. The maximum Gasteiger partial charge on any atom is 0.310 e. The molecule has 1 N–H and O–H groups in total. The molecule has 0 amide bonds. The van der Waals surface area contributed by atoms with Gasteiger partial charge >= 0.3 is 5.97 Å². The summed E-state index contributed by atoms with van der Waals surface area (Å²) in [5, 5.41) is 0. The van der Waals surface area contributed by atoms with Crippen LogP contribution in [0.25, 0.3) is 0 Å². The number of methoxy groups -OCH3 is 1. The Hall–Kier alpha value is -2.56. The lowest BCUT2D eigenvalue weighted by Crippen LogP contribution is -2.70. The van der Waals surface area contributed by atoms with Gasteiger partial charge in [0.2, 0.25) is 10.0 Å². The number of esters is 1. The van der Waals surface area contributed by atoms with E-state index in [0.29, 0.717) is 36.9 Å². The van der Waals surface area contributed by atoms with Gasteiger partial charge in [-0.3, -0.25) is 4.79 Å². The number of sulfonamides is 1. The SMILES string of the molecule is CO[C@@H]1C[C@@]23COC[C@](C)([C@@H]2CC[C@H]2C3=CC[C@@]3(C)[C@H](C(=O)OCc4ccccc4)[C@@](C)([C@H](C)C(C)C)CC[C@]23C)[C@H]1OC[C@H](NS(=O)(=O)c1ccc(C)cc1)C(C)(C)C. The Morgan fingerprint density at radius 1 is 0.933 bits per heavy atom. The molecule has 12 atom stereocenters. The number of allylic oxidation sites excluding steroid dienone is 1. The number of aryl methyl sites for hydroxylation is 1. The molecule has 0 spiro atoms. The van der Waals surface area contributed by atoms with E-state index in [-0.39, 0.29) is 69.3 Å². The summed E-state index contributed by atoms with van der Waals surface area (Å²) in [4.78, 5) is 15.1. The molecule has 7 rings (SSSR count). The van der Waals surface area contributed by atoms with Crippen LogP contribution < -0.4 is 4.72 Å². The van der Waals surface area contributed by atoms with Crippen LogP contribution in [0.2, 0.25) is 0 Å². The molecule has 9 heteroatoms. The summed E-state index contributed by atoms with van der Waals surface area (Å²) in [7, 11) is -1.98. The van der Waals surface area contributed by atoms with Crippen molar-refractivity contribution in [2.75, 3.05) is 26.9 Å². The van der Waals surface area contributed by atoms with E-state index in [9.17, 15) is 13.2 Å². The minimum absolute atomic E-state index is 0.0497. The first-order valence-corrected chi connectivity index (χ1v) is 24.3. The quantitative estimate of drug-likeness (QED) is 0.168. The second-order valence-corrected chi connectivity index (χ2v) is 23.9. The van der Waals surface area contributed by atoms with Crippen molar-refractivity contribution in [3.05, 3.63) is 77.4 Å². The van der Waals surface area contributed by atoms with E-state index >= 15 is 0 Å². The lowest BCUT2D eigenvalue weighted by molar-refractivity contribution is -0.268. The highest BCUT2D eigenvalue weighted by Crippen LogP contribution is 2.75. The van der Waals surface area contributed by atoms with Crippen LogP contribution in [-0.2, 0) is 40.4 Å². The molecule has 0 unspecified atom stereocenters. The fraction of sp³-hybridized carbons (Fsp3) is 0.706. The number of hydrogen-bond donors (Lipinski definition) is 1. The highest BCUT2D eigenvalue weighted by Gasteiger charge is 2.72. The Kier molecular flexibility index (Phi) is 12.3. The molecular formula is C51H75NO7S. The molecule has 4 aliphatic carbocycles. The van der Waals surface area contributed by atoms with Gasteiger partial charge in [0.25, 0.3) is 0 Å². The number of carbonyl (C=O) groups is 1. The Balaban J connectivity index is 1.20. The van der Waals surface area contributed by atoms with Crippen molar-refractivity contribution in [2.24, 2.45) is 62.1 Å². The van der Waals surface area contributed by atoms with Crippen LogP contribution in [0.4, 0.5) is 0 Å². The summed E-state index contributed by atoms with van der Waals surface area (Å²) >= 11 is 0. The summed E-state index contributed by atoms with van der Waals surface area (Å²) in [5.41, 5.74) is 1.92. The number of nitrogens with one attached hydrogen (secondary N) is 1. The van der Waals surface area contributed by atoms with Gasteiger partial charge in [0.15, 0.2) is 0 Å². The highest BCUT2D eigenvalue weighted by atomic mass is 32.2. The van der Waals surface area contributed by atoms with Crippen molar-refractivity contribution in [3.8, 4) is 0 Å². The maximum absolute atomic E-state index is 14.8. The lowest BCUT2D eigenvalue weighted by atomic mass is 9.34. The van der Waals surface area contributed by atoms with E-state index < -0.39 is 21.5 Å². The lowest BCUT2D eigenvalue weighted by Gasteiger charge is -2.71. The van der Waals surface area contributed by atoms with Crippen LogP contribution in [0.1, 0.15) is 119 Å². The van der Waals surface area contributed by atoms with Crippen LogP contribution in [0.15, 0.2) is 71.1 Å². The second kappa shape index (κ2) is 16.2. The van der Waals surface area contributed by atoms with Gasteiger partial charge in [-0.2, -0.15) is 0 Å². The van der Waals surface area contributed by atoms with Gasteiger partial charge in [-0.1, -0.05) is 129 Å². The molecular weight excluding hydrogens is 771 g/mol. The van der Waals surface area contributed by atoms with Crippen molar-refractivity contribution >= 4 is 16.0 Å². The molecule has 3 saturated carbocycles. The van der Waals surface area contributed by atoms with Gasteiger partial charge < -0.3 is 18.9 Å². The van der Waals surface area contributed by atoms with Crippen molar-refractivity contribution < 1.29 is 32.2 Å². The van der Waals surface area contributed by atoms with Crippen LogP contribution in [0.5, 0.6) is 0 Å². The van der Waals surface area contributed by atoms with Crippen molar-refractivity contribution in [1.29, 1.82) is 0 Å². The smallest absolute Gasteiger partial charge is 0.310 e. The third-order valence-corrected chi connectivity index (χ3v) is 19.2. The van der Waals surface area contributed by atoms with Crippen molar-refractivity contribution in [3.63, 3.8) is 0 Å². The zero-order valence-electron chi connectivity index (χ0n) is 38.7.